The maximum Gasteiger partial charge on any atom is 0.337 e. The highest BCUT2D eigenvalue weighted by Crippen LogP contribution is 2.11. The number of carbonyl (C=O) groups excluding carboxylic acids is 2. The monoisotopic (exact) mass is 457 g/mol. The molecule has 0 aliphatic heterocycles. The molecule has 0 fully saturated rings. The molecule has 0 spiro atoms. The van der Waals surface area contributed by atoms with Crippen molar-refractivity contribution in [3.05, 3.63) is 79.5 Å². The lowest BCUT2D eigenvalue weighted by Gasteiger charge is -2.08. The van der Waals surface area contributed by atoms with Gasteiger partial charge in [0.25, 0.3) is 5.56 Å². The molecule has 0 saturated heterocycles. The fourth-order valence-electron chi connectivity index (χ4n) is 3.37. The van der Waals surface area contributed by atoms with Crippen molar-refractivity contribution >= 4 is 34.4 Å². The number of benzene rings is 2. The Hall–Kier alpha value is -3.39. The summed E-state index contributed by atoms with van der Waals surface area (Å²) in [4.78, 5) is 51.3. The van der Waals surface area contributed by atoms with Gasteiger partial charge in [0.1, 0.15) is 0 Å². The van der Waals surface area contributed by atoms with Crippen LogP contribution in [0.15, 0.2) is 52.1 Å². The molecule has 0 bridgehead atoms. The highest BCUT2D eigenvalue weighted by atomic mass is 35.5. The van der Waals surface area contributed by atoms with Gasteiger partial charge in [-0.05, 0) is 48.7 Å². The van der Waals surface area contributed by atoms with E-state index in [9.17, 15) is 19.2 Å². The Kier molecular flexibility index (Phi) is 7.83. The van der Waals surface area contributed by atoms with Crippen molar-refractivity contribution in [1.82, 2.24) is 14.9 Å². The Bertz CT molecular complexity index is 1250. The minimum Gasteiger partial charge on any atom is -0.465 e. The van der Waals surface area contributed by atoms with Gasteiger partial charge in [0.15, 0.2) is 0 Å². The number of rotatable bonds is 9. The van der Waals surface area contributed by atoms with Gasteiger partial charge in [-0.3, -0.25) is 14.2 Å². The zero-order valence-corrected chi connectivity index (χ0v) is 18.4. The van der Waals surface area contributed by atoms with Gasteiger partial charge in [-0.25, -0.2) is 9.59 Å². The SMILES string of the molecule is COC(=O)c1ccc2c(=O)n(CCCCCC(=O)NCc3cccc(Cl)c3)c(=O)[nH]c2c1. The minimum absolute atomic E-state index is 0.0629. The summed E-state index contributed by atoms with van der Waals surface area (Å²) in [7, 11) is 1.26. The van der Waals surface area contributed by atoms with Crippen LogP contribution in [-0.2, 0) is 22.6 Å². The summed E-state index contributed by atoms with van der Waals surface area (Å²) < 4.78 is 5.79. The molecule has 0 saturated carbocycles. The van der Waals surface area contributed by atoms with Gasteiger partial charge in [-0.2, -0.15) is 0 Å². The van der Waals surface area contributed by atoms with Crippen molar-refractivity contribution in [3.8, 4) is 0 Å². The van der Waals surface area contributed by atoms with Gasteiger partial charge in [0.05, 0.1) is 23.6 Å². The van der Waals surface area contributed by atoms with Crippen LogP contribution >= 0.6 is 11.6 Å². The molecule has 0 aliphatic carbocycles. The molecule has 3 aromatic rings. The van der Waals surface area contributed by atoms with E-state index in [2.05, 4.69) is 15.0 Å². The first kappa shape index (κ1) is 23.3. The number of hydrogen-bond acceptors (Lipinski definition) is 5. The number of nitrogens with zero attached hydrogens (tertiary/aromatic N) is 1. The van der Waals surface area contributed by atoms with Crippen molar-refractivity contribution in [2.75, 3.05) is 7.11 Å². The Labute approximate surface area is 189 Å². The van der Waals surface area contributed by atoms with E-state index in [4.69, 9.17) is 11.6 Å². The van der Waals surface area contributed by atoms with Gasteiger partial charge in [-0.1, -0.05) is 30.2 Å². The Morgan fingerprint density at radius 3 is 2.66 bits per heavy atom. The zero-order chi connectivity index (χ0) is 23.1. The van der Waals surface area contributed by atoms with Crippen LogP contribution in [0.1, 0.15) is 41.6 Å². The third kappa shape index (κ3) is 5.85. The van der Waals surface area contributed by atoms with Crippen molar-refractivity contribution in [2.24, 2.45) is 0 Å². The smallest absolute Gasteiger partial charge is 0.337 e. The number of nitrogens with one attached hydrogen (secondary N) is 2. The molecule has 168 valence electrons. The predicted octanol–water partition coefficient (Wildman–Crippen LogP) is 3.01. The Morgan fingerprint density at radius 2 is 1.91 bits per heavy atom. The minimum atomic E-state index is -0.548. The summed E-state index contributed by atoms with van der Waals surface area (Å²) in [6.07, 6.45) is 2.27. The van der Waals surface area contributed by atoms with Gasteiger partial charge in [-0.15, -0.1) is 0 Å². The number of amides is 1. The summed E-state index contributed by atoms with van der Waals surface area (Å²) in [6, 6.07) is 11.7. The second-order valence-corrected chi connectivity index (χ2v) is 7.79. The third-order valence-corrected chi connectivity index (χ3v) is 5.30. The maximum absolute atomic E-state index is 12.7. The maximum atomic E-state index is 12.7. The molecule has 1 heterocycles. The predicted molar refractivity (Wildman–Crippen MR) is 122 cm³/mol. The topological polar surface area (TPSA) is 110 Å². The highest BCUT2D eigenvalue weighted by Gasteiger charge is 2.11. The number of hydrogen-bond donors (Lipinski definition) is 2. The number of halogens is 1. The van der Waals surface area contributed by atoms with E-state index in [0.717, 1.165) is 10.1 Å². The molecule has 3 rings (SSSR count). The molecule has 1 aromatic heterocycles. The molecule has 0 aliphatic rings. The fourth-order valence-corrected chi connectivity index (χ4v) is 3.58. The average Bonchev–Trinajstić information content (AvgIpc) is 2.78. The first-order valence-corrected chi connectivity index (χ1v) is 10.6. The molecule has 1 amide bonds. The molecule has 0 radical (unpaired) electrons. The van der Waals surface area contributed by atoms with E-state index in [1.54, 1.807) is 12.1 Å². The largest absolute Gasteiger partial charge is 0.465 e. The number of aromatic amines is 1. The van der Waals surface area contributed by atoms with E-state index in [1.807, 2.05) is 12.1 Å². The Morgan fingerprint density at radius 1 is 1.09 bits per heavy atom. The fraction of sp³-hybridized carbons (Fsp3) is 0.304. The summed E-state index contributed by atoms with van der Waals surface area (Å²) in [5.74, 6) is -0.611. The second kappa shape index (κ2) is 10.8. The average molecular weight is 458 g/mol. The van der Waals surface area contributed by atoms with E-state index in [1.165, 1.54) is 25.3 Å². The molecule has 0 unspecified atom stereocenters. The van der Waals surface area contributed by atoms with Crippen LogP contribution in [0.4, 0.5) is 0 Å². The summed E-state index contributed by atoms with van der Waals surface area (Å²) >= 11 is 5.93. The normalized spacial score (nSPS) is 10.8. The molecule has 2 N–H and O–H groups in total. The lowest BCUT2D eigenvalue weighted by atomic mass is 10.1. The van der Waals surface area contributed by atoms with E-state index >= 15 is 0 Å². The first-order valence-electron chi connectivity index (χ1n) is 10.3. The summed E-state index contributed by atoms with van der Waals surface area (Å²) in [5, 5.41) is 3.79. The lowest BCUT2D eigenvalue weighted by molar-refractivity contribution is -0.121. The molecular formula is C23H24ClN3O5. The van der Waals surface area contributed by atoms with E-state index in [0.29, 0.717) is 42.6 Å². The molecule has 2 aromatic carbocycles. The van der Waals surface area contributed by atoms with Crippen LogP contribution in [0.5, 0.6) is 0 Å². The van der Waals surface area contributed by atoms with E-state index in [-0.39, 0.29) is 23.5 Å². The molecule has 9 heteroatoms. The summed E-state index contributed by atoms with van der Waals surface area (Å²) in [5.41, 5.74) is 0.514. The molecular weight excluding hydrogens is 434 g/mol. The molecule has 8 nitrogen and oxygen atoms in total. The van der Waals surface area contributed by atoms with Gasteiger partial charge in [0.2, 0.25) is 5.91 Å². The van der Waals surface area contributed by atoms with Gasteiger partial charge < -0.3 is 15.0 Å². The van der Waals surface area contributed by atoms with Crippen LogP contribution in [0.2, 0.25) is 5.02 Å². The number of ether oxygens (including phenoxy) is 1. The van der Waals surface area contributed by atoms with E-state index < -0.39 is 17.2 Å². The van der Waals surface area contributed by atoms with Crippen molar-refractivity contribution in [1.29, 1.82) is 0 Å². The van der Waals surface area contributed by atoms with Crippen LogP contribution < -0.4 is 16.6 Å². The number of aromatic nitrogens is 2. The van der Waals surface area contributed by atoms with Crippen molar-refractivity contribution < 1.29 is 14.3 Å². The van der Waals surface area contributed by atoms with Crippen molar-refractivity contribution in [3.63, 3.8) is 0 Å². The number of carbonyl (C=O) groups is 2. The van der Waals surface area contributed by atoms with Crippen LogP contribution in [0.25, 0.3) is 10.9 Å². The van der Waals surface area contributed by atoms with Crippen LogP contribution in [-0.4, -0.2) is 28.5 Å². The highest BCUT2D eigenvalue weighted by molar-refractivity contribution is 6.30. The number of unbranched alkanes of at least 4 members (excludes halogenated alkanes) is 2. The molecule has 32 heavy (non-hydrogen) atoms. The Balaban J connectivity index is 1.50. The number of methoxy groups -OCH3 is 1. The van der Waals surface area contributed by atoms with Crippen LogP contribution in [0, 0.1) is 0 Å². The number of H-pyrrole nitrogens is 1. The quantitative estimate of drug-likeness (QED) is 0.379. The standard InChI is InChI=1S/C23H24ClN3O5/c1-32-22(30)16-9-10-18-19(13-16)26-23(31)27(21(18)29)11-4-2-3-8-20(28)25-14-15-6-5-7-17(24)12-15/h5-7,9-10,12-13H,2-4,8,11,14H2,1H3,(H,25,28)(H,26,31). The summed E-state index contributed by atoms with van der Waals surface area (Å²) in [6.45, 7) is 0.659. The second-order valence-electron chi connectivity index (χ2n) is 7.36. The van der Waals surface area contributed by atoms with Crippen molar-refractivity contribution in [2.45, 2.75) is 38.8 Å². The molecule has 0 atom stereocenters. The third-order valence-electron chi connectivity index (χ3n) is 5.07. The first-order chi connectivity index (χ1) is 15.4. The number of fused-ring (bicyclic) bond motifs is 1. The van der Waals surface area contributed by atoms with Gasteiger partial charge in [0, 0.05) is 24.5 Å². The van der Waals surface area contributed by atoms with Crippen LogP contribution in [0.3, 0.4) is 0 Å². The lowest BCUT2D eigenvalue weighted by Crippen LogP contribution is -2.35. The number of esters is 1. The zero-order valence-electron chi connectivity index (χ0n) is 17.7. The van der Waals surface area contributed by atoms with Gasteiger partial charge >= 0.3 is 11.7 Å².